The van der Waals surface area contributed by atoms with Crippen molar-refractivity contribution in [2.75, 3.05) is 7.05 Å². The van der Waals surface area contributed by atoms with Crippen LogP contribution in [0.15, 0.2) is 24.4 Å². The van der Waals surface area contributed by atoms with E-state index in [0.29, 0.717) is 6.54 Å². The number of nitrogens with zero attached hydrogens (tertiary/aromatic N) is 2. The first-order valence-corrected chi connectivity index (χ1v) is 4.55. The normalized spacial score (nSPS) is 9.38. The molecule has 1 aromatic heterocycles. The molecule has 0 radical (unpaired) electrons. The number of amides is 1. The molecule has 0 aliphatic heterocycles. The van der Waals surface area contributed by atoms with Crippen molar-refractivity contribution >= 4 is 29.1 Å². The molecular weight excluding hydrogens is 283 g/mol. The monoisotopic (exact) mass is 292 g/mol. The van der Waals surface area contributed by atoms with Crippen molar-refractivity contribution < 1.29 is 7.86 Å². The van der Waals surface area contributed by atoms with Gasteiger partial charge in [-0.15, -0.1) is 0 Å². The Labute approximate surface area is 90.6 Å². The highest BCUT2D eigenvalue weighted by Gasteiger charge is 2.09. The minimum absolute atomic E-state index is 0.369. The number of hydrogen-bond donors (Lipinski definition) is 0. The lowest BCUT2D eigenvalue weighted by atomic mass is 10.3. The molecule has 5 heteroatoms. The van der Waals surface area contributed by atoms with Crippen LogP contribution in [0.25, 0.3) is 0 Å². The Balaban J connectivity index is 2.55. The van der Waals surface area contributed by atoms with Crippen molar-refractivity contribution in [3.8, 4) is 0 Å². The summed E-state index contributed by atoms with van der Waals surface area (Å²) in [6.45, 7) is 0.461. The van der Waals surface area contributed by atoms with Gasteiger partial charge in [0.2, 0.25) is 0 Å². The van der Waals surface area contributed by atoms with E-state index < -0.39 is 0 Å². The van der Waals surface area contributed by atoms with E-state index >= 15 is 0 Å². The molecular formula is C8H9IN2O2. The SMILES string of the molecule is CN(Cc1ccccn1)C(=O)OI. The van der Waals surface area contributed by atoms with Crippen LogP contribution >= 0.6 is 23.0 Å². The first-order chi connectivity index (χ1) is 6.24. The molecule has 0 saturated carbocycles. The predicted molar refractivity (Wildman–Crippen MR) is 56.2 cm³/mol. The van der Waals surface area contributed by atoms with E-state index in [1.165, 1.54) is 4.90 Å². The Bertz CT molecular complexity index is 279. The summed E-state index contributed by atoms with van der Waals surface area (Å²) in [6, 6.07) is 5.57. The van der Waals surface area contributed by atoms with Gasteiger partial charge in [0.15, 0.2) is 23.0 Å². The molecule has 13 heavy (non-hydrogen) atoms. The zero-order valence-electron chi connectivity index (χ0n) is 7.11. The summed E-state index contributed by atoms with van der Waals surface area (Å²) in [5.41, 5.74) is 0.840. The molecule has 0 saturated heterocycles. The van der Waals surface area contributed by atoms with Gasteiger partial charge in [0, 0.05) is 13.2 Å². The lowest BCUT2D eigenvalue weighted by Gasteiger charge is -2.13. The molecule has 0 spiro atoms. The second-order valence-corrected chi connectivity index (χ2v) is 2.96. The minimum atomic E-state index is -0.369. The van der Waals surface area contributed by atoms with E-state index in [1.807, 2.05) is 18.2 Å². The first-order valence-electron chi connectivity index (χ1n) is 3.67. The lowest BCUT2D eigenvalue weighted by molar-refractivity contribution is 0.175. The number of aromatic nitrogens is 1. The topological polar surface area (TPSA) is 42.4 Å². The average Bonchev–Trinajstić information content (AvgIpc) is 2.18. The fourth-order valence-electron chi connectivity index (χ4n) is 0.858. The lowest BCUT2D eigenvalue weighted by Crippen LogP contribution is -2.24. The number of pyridine rings is 1. The molecule has 0 unspecified atom stereocenters. The van der Waals surface area contributed by atoms with Gasteiger partial charge in [-0.2, -0.15) is 0 Å². The third kappa shape index (κ3) is 3.17. The molecule has 0 bridgehead atoms. The maximum Gasteiger partial charge on any atom is 0.419 e. The summed E-state index contributed by atoms with van der Waals surface area (Å²) in [5, 5.41) is 0. The van der Waals surface area contributed by atoms with Gasteiger partial charge < -0.3 is 7.97 Å². The highest BCUT2D eigenvalue weighted by atomic mass is 127. The minimum Gasteiger partial charge on any atom is -0.378 e. The second-order valence-electron chi connectivity index (χ2n) is 2.52. The fraction of sp³-hybridized carbons (Fsp3) is 0.250. The van der Waals surface area contributed by atoms with Crippen LogP contribution in [0.3, 0.4) is 0 Å². The fourth-order valence-corrected chi connectivity index (χ4v) is 1.19. The maximum atomic E-state index is 11.0. The van der Waals surface area contributed by atoms with E-state index in [9.17, 15) is 4.79 Å². The van der Waals surface area contributed by atoms with Gasteiger partial charge >= 0.3 is 6.09 Å². The number of rotatable bonds is 2. The predicted octanol–water partition coefficient (Wildman–Crippen LogP) is 2.00. The number of halogens is 1. The van der Waals surface area contributed by atoms with Crippen LogP contribution in [0.2, 0.25) is 0 Å². The van der Waals surface area contributed by atoms with Crippen LogP contribution in [-0.2, 0) is 9.61 Å². The van der Waals surface area contributed by atoms with Gasteiger partial charge in [0.25, 0.3) is 0 Å². The third-order valence-electron chi connectivity index (χ3n) is 1.50. The van der Waals surface area contributed by atoms with E-state index in [-0.39, 0.29) is 6.09 Å². The van der Waals surface area contributed by atoms with Crippen LogP contribution in [0.1, 0.15) is 5.69 Å². The third-order valence-corrected chi connectivity index (χ3v) is 1.88. The van der Waals surface area contributed by atoms with Gasteiger partial charge in [-0.25, -0.2) is 4.79 Å². The Morgan fingerprint density at radius 2 is 2.46 bits per heavy atom. The van der Waals surface area contributed by atoms with Gasteiger partial charge in [0.1, 0.15) is 0 Å². The zero-order valence-corrected chi connectivity index (χ0v) is 9.26. The van der Waals surface area contributed by atoms with E-state index in [2.05, 4.69) is 8.05 Å². The van der Waals surface area contributed by atoms with Crippen LogP contribution in [0, 0.1) is 0 Å². The van der Waals surface area contributed by atoms with E-state index in [4.69, 9.17) is 0 Å². The molecule has 1 rings (SSSR count). The maximum absolute atomic E-state index is 11.0. The summed E-state index contributed by atoms with van der Waals surface area (Å²) in [6.07, 6.45) is 1.32. The average molecular weight is 292 g/mol. The van der Waals surface area contributed by atoms with Gasteiger partial charge in [0.05, 0.1) is 12.2 Å². The van der Waals surface area contributed by atoms with Crippen LogP contribution < -0.4 is 0 Å². The Hall–Kier alpha value is -0.850. The molecule has 0 aromatic carbocycles. The number of carbonyl (C=O) groups excluding carboxylic acids is 1. The van der Waals surface area contributed by atoms with Crippen molar-refractivity contribution in [3.05, 3.63) is 30.1 Å². The summed E-state index contributed by atoms with van der Waals surface area (Å²) in [5.74, 6) is 0. The zero-order chi connectivity index (χ0) is 9.68. The van der Waals surface area contributed by atoms with Gasteiger partial charge in [-0.3, -0.25) is 4.98 Å². The molecule has 0 aliphatic carbocycles. The first kappa shape index (κ1) is 10.2. The molecule has 0 atom stereocenters. The summed E-state index contributed by atoms with van der Waals surface area (Å²) < 4.78 is 4.51. The Kier molecular flexibility index (Phi) is 3.94. The molecule has 1 heterocycles. The van der Waals surface area contributed by atoms with Crippen LogP contribution in [0.4, 0.5) is 4.79 Å². The standard InChI is InChI=1S/C8H9IN2O2/c1-11(8(12)13-9)6-7-4-2-3-5-10-7/h2-5H,6H2,1H3. The van der Waals surface area contributed by atoms with Crippen LogP contribution in [0.5, 0.6) is 0 Å². The molecule has 1 amide bonds. The van der Waals surface area contributed by atoms with E-state index in [1.54, 1.807) is 36.3 Å². The van der Waals surface area contributed by atoms with Gasteiger partial charge in [-0.05, 0) is 12.1 Å². The highest BCUT2D eigenvalue weighted by molar-refractivity contribution is 14.1. The molecule has 0 N–H and O–H groups in total. The summed E-state index contributed by atoms with van der Waals surface area (Å²) in [7, 11) is 1.66. The molecule has 4 nitrogen and oxygen atoms in total. The number of hydrogen-bond acceptors (Lipinski definition) is 3. The molecule has 0 fully saturated rings. The molecule has 70 valence electrons. The largest absolute Gasteiger partial charge is 0.419 e. The summed E-state index contributed by atoms with van der Waals surface area (Å²) >= 11 is 1.56. The number of carbonyl (C=O) groups is 1. The molecule has 1 aromatic rings. The smallest absolute Gasteiger partial charge is 0.378 e. The van der Waals surface area contributed by atoms with Crippen molar-refractivity contribution in [2.24, 2.45) is 0 Å². The second kappa shape index (κ2) is 5.00. The quantitative estimate of drug-likeness (QED) is 0.783. The highest BCUT2D eigenvalue weighted by Crippen LogP contribution is 2.02. The van der Waals surface area contributed by atoms with Crippen LogP contribution in [-0.4, -0.2) is 23.0 Å². The summed E-state index contributed by atoms with van der Waals surface area (Å²) in [4.78, 5) is 16.5. The van der Waals surface area contributed by atoms with Crippen molar-refractivity contribution in [1.29, 1.82) is 0 Å². The Morgan fingerprint density at radius 1 is 1.69 bits per heavy atom. The van der Waals surface area contributed by atoms with E-state index in [0.717, 1.165) is 5.69 Å². The van der Waals surface area contributed by atoms with Crippen molar-refractivity contribution in [1.82, 2.24) is 9.88 Å². The van der Waals surface area contributed by atoms with Gasteiger partial charge in [-0.1, -0.05) is 6.07 Å². The molecule has 0 aliphatic rings. The Morgan fingerprint density at radius 3 is 3.00 bits per heavy atom. The van der Waals surface area contributed by atoms with Crippen molar-refractivity contribution in [3.63, 3.8) is 0 Å². The van der Waals surface area contributed by atoms with Crippen molar-refractivity contribution in [2.45, 2.75) is 6.54 Å².